The van der Waals surface area contributed by atoms with Crippen LogP contribution >= 0.6 is 11.6 Å². The first-order chi connectivity index (χ1) is 8.45. The number of halogens is 1. The predicted octanol–water partition coefficient (Wildman–Crippen LogP) is 1.48. The Hall–Kier alpha value is -1.75. The van der Waals surface area contributed by atoms with Gasteiger partial charge in [-0.3, -0.25) is 4.79 Å². The van der Waals surface area contributed by atoms with Gasteiger partial charge in [-0.05, 0) is 24.6 Å². The standard InChI is InChI=1S/C12H16ClN3O2/c1-8(12(14)15-18)16(2)11(17)7-9-4-3-5-10(13)6-9/h3-6,8,18H,7H2,1-2H3,(H2,14,15). The molecule has 0 aliphatic carbocycles. The molecule has 0 fully saturated rings. The van der Waals surface area contributed by atoms with Gasteiger partial charge in [0, 0.05) is 12.1 Å². The summed E-state index contributed by atoms with van der Waals surface area (Å²) >= 11 is 5.85. The molecule has 1 unspecified atom stereocenters. The van der Waals surface area contributed by atoms with E-state index in [1.54, 1.807) is 32.2 Å². The van der Waals surface area contributed by atoms with Gasteiger partial charge in [0.25, 0.3) is 0 Å². The van der Waals surface area contributed by atoms with E-state index in [0.717, 1.165) is 5.56 Å². The Balaban J connectivity index is 2.71. The van der Waals surface area contributed by atoms with Gasteiger partial charge in [-0.1, -0.05) is 28.9 Å². The molecule has 1 atom stereocenters. The summed E-state index contributed by atoms with van der Waals surface area (Å²) in [4.78, 5) is 13.4. The molecule has 1 aromatic carbocycles. The van der Waals surface area contributed by atoms with Crippen molar-refractivity contribution >= 4 is 23.3 Å². The molecular weight excluding hydrogens is 254 g/mol. The summed E-state index contributed by atoms with van der Waals surface area (Å²) in [5, 5.41) is 12.1. The Morgan fingerprint density at radius 1 is 1.61 bits per heavy atom. The molecule has 1 amide bonds. The Labute approximate surface area is 111 Å². The van der Waals surface area contributed by atoms with E-state index in [1.165, 1.54) is 4.90 Å². The van der Waals surface area contributed by atoms with Crippen molar-refractivity contribution < 1.29 is 10.0 Å². The average molecular weight is 270 g/mol. The zero-order valence-electron chi connectivity index (χ0n) is 10.3. The van der Waals surface area contributed by atoms with Crippen molar-refractivity contribution in [3.63, 3.8) is 0 Å². The van der Waals surface area contributed by atoms with Crippen LogP contribution in [0.1, 0.15) is 12.5 Å². The van der Waals surface area contributed by atoms with E-state index in [4.69, 9.17) is 22.5 Å². The average Bonchev–Trinajstić information content (AvgIpc) is 2.36. The molecule has 3 N–H and O–H groups in total. The minimum Gasteiger partial charge on any atom is -0.409 e. The van der Waals surface area contributed by atoms with Gasteiger partial charge >= 0.3 is 0 Å². The van der Waals surface area contributed by atoms with E-state index >= 15 is 0 Å². The van der Waals surface area contributed by atoms with Crippen LogP contribution in [0, 0.1) is 0 Å². The number of nitrogens with zero attached hydrogens (tertiary/aromatic N) is 2. The second-order valence-electron chi connectivity index (χ2n) is 4.01. The number of oxime groups is 1. The van der Waals surface area contributed by atoms with E-state index < -0.39 is 6.04 Å². The maximum atomic E-state index is 12.0. The summed E-state index contributed by atoms with van der Waals surface area (Å²) in [7, 11) is 1.61. The van der Waals surface area contributed by atoms with E-state index in [-0.39, 0.29) is 18.2 Å². The minimum absolute atomic E-state index is 0.00283. The van der Waals surface area contributed by atoms with Crippen LogP contribution in [0.4, 0.5) is 0 Å². The van der Waals surface area contributed by atoms with E-state index in [9.17, 15) is 4.79 Å². The maximum Gasteiger partial charge on any atom is 0.227 e. The number of carbonyl (C=O) groups is 1. The molecule has 0 heterocycles. The molecule has 0 aromatic heterocycles. The van der Waals surface area contributed by atoms with Crippen molar-refractivity contribution in [2.24, 2.45) is 10.9 Å². The number of amides is 1. The number of hydrogen-bond acceptors (Lipinski definition) is 3. The number of amidine groups is 1. The maximum absolute atomic E-state index is 12.0. The SMILES string of the molecule is CC(C(N)=NO)N(C)C(=O)Cc1cccc(Cl)c1. The predicted molar refractivity (Wildman–Crippen MR) is 70.8 cm³/mol. The lowest BCUT2D eigenvalue weighted by molar-refractivity contribution is -0.129. The van der Waals surface area contributed by atoms with Crippen LogP contribution < -0.4 is 5.73 Å². The first-order valence-corrected chi connectivity index (χ1v) is 5.81. The number of benzene rings is 1. The Morgan fingerprint density at radius 3 is 2.83 bits per heavy atom. The van der Waals surface area contributed by atoms with Crippen molar-refractivity contribution in [1.29, 1.82) is 0 Å². The van der Waals surface area contributed by atoms with Gasteiger partial charge < -0.3 is 15.8 Å². The van der Waals surface area contributed by atoms with E-state index in [1.807, 2.05) is 6.07 Å². The van der Waals surface area contributed by atoms with Crippen molar-refractivity contribution in [2.75, 3.05) is 7.05 Å². The molecule has 0 aliphatic rings. The summed E-state index contributed by atoms with van der Waals surface area (Å²) in [5.41, 5.74) is 6.28. The Bertz CT molecular complexity index is 462. The van der Waals surface area contributed by atoms with Gasteiger partial charge in [0.05, 0.1) is 12.5 Å². The fourth-order valence-electron chi connectivity index (χ4n) is 1.44. The van der Waals surface area contributed by atoms with Crippen LogP contribution in [-0.4, -0.2) is 34.9 Å². The number of carbonyl (C=O) groups excluding carboxylic acids is 1. The molecule has 0 saturated heterocycles. The highest BCUT2D eigenvalue weighted by atomic mass is 35.5. The highest BCUT2D eigenvalue weighted by Crippen LogP contribution is 2.12. The van der Waals surface area contributed by atoms with Gasteiger partial charge in [0.1, 0.15) is 0 Å². The number of hydrogen-bond donors (Lipinski definition) is 2. The third kappa shape index (κ3) is 3.63. The number of likely N-dealkylation sites (N-methyl/N-ethyl adjacent to an activating group) is 1. The summed E-state index contributed by atoms with van der Waals surface area (Å²) < 4.78 is 0. The van der Waals surface area contributed by atoms with E-state index in [2.05, 4.69) is 5.16 Å². The van der Waals surface area contributed by atoms with Crippen LogP contribution in [0.15, 0.2) is 29.4 Å². The molecule has 18 heavy (non-hydrogen) atoms. The van der Waals surface area contributed by atoms with Crippen molar-refractivity contribution in [3.8, 4) is 0 Å². The van der Waals surface area contributed by atoms with E-state index in [0.29, 0.717) is 5.02 Å². The Kier molecular flexibility index (Phi) is 4.97. The number of nitrogens with two attached hydrogens (primary N) is 1. The van der Waals surface area contributed by atoms with Crippen LogP contribution in [0.3, 0.4) is 0 Å². The van der Waals surface area contributed by atoms with Crippen molar-refractivity contribution in [2.45, 2.75) is 19.4 Å². The molecule has 0 spiro atoms. The quantitative estimate of drug-likeness (QED) is 0.376. The summed E-state index contributed by atoms with van der Waals surface area (Å²) in [6, 6.07) is 6.64. The molecule has 98 valence electrons. The normalized spacial score (nSPS) is 13.2. The zero-order chi connectivity index (χ0) is 13.7. The summed E-state index contributed by atoms with van der Waals surface area (Å²) in [5.74, 6) is -0.131. The first-order valence-electron chi connectivity index (χ1n) is 5.43. The zero-order valence-corrected chi connectivity index (χ0v) is 11.1. The lowest BCUT2D eigenvalue weighted by Crippen LogP contribution is -2.44. The largest absolute Gasteiger partial charge is 0.409 e. The monoisotopic (exact) mass is 269 g/mol. The second kappa shape index (κ2) is 6.26. The smallest absolute Gasteiger partial charge is 0.227 e. The van der Waals surface area contributed by atoms with Gasteiger partial charge in [0.2, 0.25) is 5.91 Å². The van der Waals surface area contributed by atoms with Gasteiger partial charge in [0.15, 0.2) is 5.84 Å². The fourth-order valence-corrected chi connectivity index (χ4v) is 1.66. The molecule has 1 aromatic rings. The van der Waals surface area contributed by atoms with Crippen molar-refractivity contribution in [3.05, 3.63) is 34.9 Å². The molecule has 0 saturated carbocycles. The highest BCUT2D eigenvalue weighted by molar-refractivity contribution is 6.30. The van der Waals surface area contributed by atoms with Crippen molar-refractivity contribution in [1.82, 2.24) is 4.90 Å². The third-order valence-corrected chi connectivity index (χ3v) is 3.00. The molecule has 0 aliphatic heterocycles. The molecule has 6 heteroatoms. The van der Waals surface area contributed by atoms with Crippen LogP contribution in [0.2, 0.25) is 5.02 Å². The molecule has 0 radical (unpaired) electrons. The Morgan fingerprint density at radius 2 is 2.28 bits per heavy atom. The lowest BCUT2D eigenvalue weighted by atomic mass is 10.1. The third-order valence-electron chi connectivity index (χ3n) is 2.76. The van der Waals surface area contributed by atoms with Crippen LogP contribution in [-0.2, 0) is 11.2 Å². The van der Waals surface area contributed by atoms with Gasteiger partial charge in [-0.15, -0.1) is 0 Å². The fraction of sp³-hybridized carbons (Fsp3) is 0.333. The van der Waals surface area contributed by atoms with Crippen LogP contribution in [0.5, 0.6) is 0 Å². The molecule has 1 rings (SSSR count). The lowest BCUT2D eigenvalue weighted by Gasteiger charge is -2.23. The number of rotatable bonds is 4. The van der Waals surface area contributed by atoms with Gasteiger partial charge in [-0.25, -0.2) is 0 Å². The first kappa shape index (κ1) is 14.3. The molecular formula is C12H16ClN3O2. The summed E-state index contributed by atoms with van der Waals surface area (Å²) in [6.45, 7) is 1.69. The molecule has 5 nitrogen and oxygen atoms in total. The minimum atomic E-state index is -0.457. The van der Waals surface area contributed by atoms with Crippen LogP contribution in [0.25, 0.3) is 0 Å². The second-order valence-corrected chi connectivity index (χ2v) is 4.45. The summed E-state index contributed by atoms with van der Waals surface area (Å²) in [6.07, 6.45) is 0.222. The highest BCUT2D eigenvalue weighted by Gasteiger charge is 2.19. The topological polar surface area (TPSA) is 78.9 Å². The molecule has 0 bridgehead atoms. The van der Waals surface area contributed by atoms with Gasteiger partial charge in [-0.2, -0.15) is 0 Å².